The van der Waals surface area contributed by atoms with Gasteiger partial charge in [0.2, 0.25) is 6.79 Å². The molecular formula is C23H26ClN3O4S. The number of nitrogens with zero attached hydrogens (tertiary/aromatic N) is 3. The van der Waals surface area contributed by atoms with Crippen LogP contribution >= 0.6 is 23.7 Å². The number of anilines is 1. The van der Waals surface area contributed by atoms with Crippen molar-refractivity contribution < 1.29 is 19.1 Å². The molecule has 0 fully saturated rings. The topological polar surface area (TPSA) is 72.0 Å². The summed E-state index contributed by atoms with van der Waals surface area (Å²) in [4.78, 5) is 33.7. The van der Waals surface area contributed by atoms with Crippen LogP contribution in [0.15, 0.2) is 36.4 Å². The number of benzene rings is 2. The average molecular weight is 476 g/mol. The third kappa shape index (κ3) is 4.87. The Hall–Kier alpha value is -2.68. The molecule has 0 spiro atoms. The Morgan fingerprint density at radius 2 is 1.62 bits per heavy atom. The van der Waals surface area contributed by atoms with E-state index in [0.29, 0.717) is 34.3 Å². The third-order valence-electron chi connectivity index (χ3n) is 5.42. The highest BCUT2D eigenvalue weighted by Crippen LogP contribution is 2.40. The lowest BCUT2D eigenvalue weighted by Gasteiger charge is -2.24. The van der Waals surface area contributed by atoms with Gasteiger partial charge < -0.3 is 14.4 Å². The minimum Gasteiger partial charge on any atom is -0.454 e. The minimum absolute atomic E-state index is 0. The zero-order valence-corrected chi connectivity index (χ0v) is 19.9. The maximum Gasteiger partial charge on any atom is 0.260 e. The molecule has 0 saturated heterocycles. The zero-order valence-electron chi connectivity index (χ0n) is 18.3. The minimum atomic E-state index is -0.138. The largest absolute Gasteiger partial charge is 0.454 e. The molecule has 7 nitrogen and oxygen atoms in total. The number of likely N-dealkylation sites (N-methyl/N-ethyl adjacent to an activating group) is 1. The number of ketones is 1. The molecule has 2 heterocycles. The van der Waals surface area contributed by atoms with E-state index in [1.54, 1.807) is 29.2 Å². The van der Waals surface area contributed by atoms with Gasteiger partial charge in [0.05, 0.1) is 10.2 Å². The van der Waals surface area contributed by atoms with Crippen molar-refractivity contribution in [1.29, 1.82) is 0 Å². The van der Waals surface area contributed by atoms with Crippen LogP contribution in [0.1, 0.15) is 41.5 Å². The fourth-order valence-electron chi connectivity index (χ4n) is 3.49. The van der Waals surface area contributed by atoms with Crippen LogP contribution in [0, 0.1) is 0 Å². The van der Waals surface area contributed by atoms with Gasteiger partial charge in [0, 0.05) is 36.3 Å². The van der Waals surface area contributed by atoms with Gasteiger partial charge in [-0.2, -0.15) is 0 Å². The van der Waals surface area contributed by atoms with Crippen molar-refractivity contribution in [2.24, 2.45) is 0 Å². The van der Waals surface area contributed by atoms with Crippen LogP contribution in [-0.4, -0.2) is 54.5 Å². The van der Waals surface area contributed by atoms with Crippen molar-refractivity contribution in [1.82, 2.24) is 9.88 Å². The smallest absolute Gasteiger partial charge is 0.260 e. The van der Waals surface area contributed by atoms with E-state index in [4.69, 9.17) is 14.5 Å². The molecule has 0 atom stereocenters. The Balaban J connectivity index is 0.00000289. The van der Waals surface area contributed by atoms with Crippen molar-refractivity contribution in [3.63, 3.8) is 0 Å². The molecule has 1 aliphatic heterocycles. The normalized spacial score (nSPS) is 12.1. The molecule has 0 unspecified atom stereocenters. The van der Waals surface area contributed by atoms with Crippen molar-refractivity contribution in [2.75, 3.05) is 37.9 Å². The number of hydrogen-bond acceptors (Lipinski definition) is 7. The van der Waals surface area contributed by atoms with Gasteiger partial charge in [0.25, 0.3) is 5.91 Å². The van der Waals surface area contributed by atoms with Crippen LogP contribution < -0.4 is 14.4 Å². The van der Waals surface area contributed by atoms with E-state index in [0.717, 1.165) is 29.9 Å². The molecule has 1 aliphatic rings. The summed E-state index contributed by atoms with van der Waals surface area (Å²) in [6, 6.07) is 10.5. The van der Waals surface area contributed by atoms with Crippen LogP contribution in [-0.2, 0) is 0 Å². The monoisotopic (exact) mass is 475 g/mol. The Morgan fingerprint density at radius 1 is 1.00 bits per heavy atom. The van der Waals surface area contributed by atoms with Crippen LogP contribution in [0.4, 0.5) is 5.13 Å². The summed E-state index contributed by atoms with van der Waals surface area (Å²) in [5.74, 6) is 1.20. The molecule has 32 heavy (non-hydrogen) atoms. The lowest BCUT2D eigenvalue weighted by atomic mass is 10.1. The zero-order chi connectivity index (χ0) is 22.0. The number of Topliss-reactive ketones (excluding diaryl/α,β-unsaturated/α-hetero) is 1. The number of aromatic nitrogens is 1. The molecular weight excluding hydrogens is 450 g/mol. The first-order valence-electron chi connectivity index (χ1n) is 10.4. The lowest BCUT2D eigenvalue weighted by Crippen LogP contribution is -2.38. The number of carbonyl (C=O) groups excluding carboxylic acids is 2. The Labute approximate surface area is 197 Å². The summed E-state index contributed by atoms with van der Waals surface area (Å²) in [7, 11) is 0. The van der Waals surface area contributed by atoms with Crippen molar-refractivity contribution in [2.45, 2.75) is 20.8 Å². The third-order valence-corrected chi connectivity index (χ3v) is 6.46. The summed E-state index contributed by atoms with van der Waals surface area (Å²) >= 11 is 1.46. The molecule has 0 N–H and O–H groups in total. The van der Waals surface area contributed by atoms with E-state index < -0.39 is 0 Å². The number of fused-ring (bicyclic) bond motifs is 2. The fourth-order valence-corrected chi connectivity index (χ4v) is 4.49. The number of carbonyl (C=O) groups is 2. The maximum absolute atomic E-state index is 13.4. The average Bonchev–Trinajstić information content (AvgIpc) is 3.40. The van der Waals surface area contributed by atoms with Gasteiger partial charge in [-0.1, -0.05) is 37.3 Å². The molecule has 0 saturated carbocycles. The van der Waals surface area contributed by atoms with E-state index in [1.807, 2.05) is 12.1 Å². The van der Waals surface area contributed by atoms with E-state index in [9.17, 15) is 9.59 Å². The predicted molar refractivity (Wildman–Crippen MR) is 129 cm³/mol. The van der Waals surface area contributed by atoms with Crippen LogP contribution in [0.2, 0.25) is 0 Å². The number of rotatable bonds is 8. The van der Waals surface area contributed by atoms with Crippen LogP contribution in [0.25, 0.3) is 10.2 Å². The summed E-state index contributed by atoms with van der Waals surface area (Å²) in [5.41, 5.74) is 1.88. The summed E-state index contributed by atoms with van der Waals surface area (Å²) in [5, 5.41) is 0.631. The number of halogens is 1. The second-order valence-electron chi connectivity index (χ2n) is 7.29. The van der Waals surface area contributed by atoms with E-state index in [1.165, 1.54) is 18.3 Å². The molecule has 170 valence electrons. The number of amides is 1. The maximum atomic E-state index is 13.4. The molecule has 0 aliphatic carbocycles. The Bertz CT molecular complexity index is 1070. The van der Waals surface area contributed by atoms with Gasteiger partial charge in [0.15, 0.2) is 22.4 Å². The molecule has 0 radical (unpaired) electrons. The molecule has 3 aromatic rings. The number of ether oxygens (including phenoxy) is 2. The highest BCUT2D eigenvalue weighted by molar-refractivity contribution is 7.22. The van der Waals surface area contributed by atoms with Crippen molar-refractivity contribution in [3.8, 4) is 11.5 Å². The fraction of sp³-hybridized carbons (Fsp3) is 0.348. The van der Waals surface area contributed by atoms with Crippen LogP contribution in [0.3, 0.4) is 0 Å². The summed E-state index contributed by atoms with van der Waals surface area (Å²) in [6.45, 7) is 9.01. The van der Waals surface area contributed by atoms with Gasteiger partial charge in [-0.25, -0.2) is 4.98 Å². The molecule has 2 aromatic carbocycles. The van der Waals surface area contributed by atoms with Gasteiger partial charge >= 0.3 is 0 Å². The van der Waals surface area contributed by atoms with Crippen molar-refractivity contribution >= 4 is 50.8 Å². The van der Waals surface area contributed by atoms with Gasteiger partial charge in [-0.3, -0.25) is 14.5 Å². The first-order valence-corrected chi connectivity index (χ1v) is 11.2. The van der Waals surface area contributed by atoms with Crippen molar-refractivity contribution in [3.05, 3.63) is 47.5 Å². The predicted octanol–water partition coefficient (Wildman–Crippen LogP) is 4.64. The summed E-state index contributed by atoms with van der Waals surface area (Å²) < 4.78 is 11.9. The molecule has 1 aromatic heterocycles. The molecule has 1 amide bonds. The van der Waals surface area contributed by atoms with E-state index in [2.05, 4.69) is 18.7 Å². The molecule has 9 heteroatoms. The Kier molecular flexibility index (Phi) is 7.71. The summed E-state index contributed by atoms with van der Waals surface area (Å²) in [6.07, 6.45) is 0. The van der Waals surface area contributed by atoms with Gasteiger partial charge in [-0.05, 0) is 32.1 Å². The van der Waals surface area contributed by atoms with Gasteiger partial charge in [0.1, 0.15) is 0 Å². The number of thiazole rings is 1. The molecule has 4 rings (SSSR count). The molecule has 0 bridgehead atoms. The highest BCUT2D eigenvalue weighted by atomic mass is 35.5. The lowest BCUT2D eigenvalue weighted by molar-refractivity contribution is 0.0980. The highest BCUT2D eigenvalue weighted by Gasteiger charge is 2.24. The van der Waals surface area contributed by atoms with E-state index in [-0.39, 0.29) is 30.9 Å². The number of hydrogen-bond donors (Lipinski definition) is 0. The van der Waals surface area contributed by atoms with Crippen LogP contribution in [0.5, 0.6) is 11.5 Å². The van der Waals surface area contributed by atoms with Gasteiger partial charge in [-0.15, -0.1) is 12.4 Å². The second kappa shape index (κ2) is 10.3. The Morgan fingerprint density at radius 3 is 2.25 bits per heavy atom. The quantitative estimate of drug-likeness (QED) is 0.442. The van der Waals surface area contributed by atoms with E-state index >= 15 is 0 Å². The second-order valence-corrected chi connectivity index (χ2v) is 8.30. The SMILES string of the molecule is CCN(CC)CCN(C(=O)c1ccc(C(C)=O)cc1)c1nc2cc3c(cc2s1)OCO3.Cl. The first-order chi connectivity index (χ1) is 15.0. The first kappa shape index (κ1) is 24.0. The standard InChI is InChI=1S/C23H25N3O4S.ClH/c1-4-25(5-2)10-11-26(22(28)17-8-6-16(7-9-17)15(3)27)23-24-18-12-19-20(30-14-29-19)13-21(18)31-23;/h6-9,12-13H,4-5,10-11,14H2,1-3H3;1H.